The first-order valence-electron chi connectivity index (χ1n) is 7.35. The second-order valence-electron chi connectivity index (χ2n) is 5.55. The van der Waals surface area contributed by atoms with E-state index in [1.54, 1.807) is 11.8 Å². The van der Waals surface area contributed by atoms with E-state index in [9.17, 15) is 0 Å². The van der Waals surface area contributed by atoms with Crippen LogP contribution in [0.4, 0.5) is 0 Å². The van der Waals surface area contributed by atoms with Crippen molar-refractivity contribution in [3.8, 4) is 5.75 Å². The summed E-state index contributed by atoms with van der Waals surface area (Å²) in [4.78, 5) is 1.28. The largest absolute Gasteiger partial charge is 0.489 e. The predicted molar refractivity (Wildman–Crippen MR) is 90.1 cm³/mol. The van der Waals surface area contributed by atoms with E-state index in [0.717, 1.165) is 18.6 Å². The zero-order chi connectivity index (χ0) is 14.7. The molecule has 0 spiro atoms. The van der Waals surface area contributed by atoms with Crippen molar-refractivity contribution in [1.29, 1.82) is 0 Å². The number of hydrogen-bond donors (Lipinski definition) is 0. The Morgan fingerprint density at radius 1 is 1.05 bits per heavy atom. The van der Waals surface area contributed by atoms with Gasteiger partial charge < -0.3 is 4.74 Å². The molecule has 0 bridgehead atoms. The molecule has 1 aliphatic rings. The highest BCUT2D eigenvalue weighted by atomic mass is 32.2. The zero-order valence-electron chi connectivity index (χ0n) is 12.6. The molecule has 0 unspecified atom stereocenters. The third kappa shape index (κ3) is 3.51. The summed E-state index contributed by atoms with van der Waals surface area (Å²) < 4.78 is 6.03. The molecule has 1 nitrogen and oxygen atoms in total. The summed E-state index contributed by atoms with van der Waals surface area (Å²) in [7, 11) is 0. The molecule has 0 N–H and O–H groups in total. The van der Waals surface area contributed by atoms with E-state index in [1.807, 2.05) is 6.07 Å². The van der Waals surface area contributed by atoms with Crippen LogP contribution in [0.1, 0.15) is 23.1 Å². The molecule has 0 atom stereocenters. The maximum atomic E-state index is 6.03. The molecule has 21 heavy (non-hydrogen) atoms. The summed E-state index contributed by atoms with van der Waals surface area (Å²) in [6, 6.07) is 14.9. The molecule has 1 aliphatic heterocycles. The Bertz CT molecular complexity index is 659. The Balaban J connectivity index is 1.74. The van der Waals surface area contributed by atoms with Crippen LogP contribution in [0, 0.1) is 13.8 Å². The Morgan fingerprint density at radius 2 is 1.86 bits per heavy atom. The summed E-state index contributed by atoms with van der Waals surface area (Å²) in [5, 5.41) is 2.25. The number of fused-ring (bicyclic) bond motifs is 1. The molecule has 2 aromatic carbocycles. The van der Waals surface area contributed by atoms with Crippen LogP contribution in [0.5, 0.6) is 5.75 Å². The van der Waals surface area contributed by atoms with E-state index in [-0.39, 0.29) is 0 Å². The van der Waals surface area contributed by atoms with Crippen LogP contribution in [-0.2, 0) is 6.42 Å². The minimum atomic E-state index is 0.704. The molecule has 0 amide bonds. The summed E-state index contributed by atoms with van der Waals surface area (Å²) >= 11 is 1.78. The highest BCUT2D eigenvalue weighted by Crippen LogP contribution is 2.31. The van der Waals surface area contributed by atoms with Crippen molar-refractivity contribution >= 4 is 11.8 Å². The van der Waals surface area contributed by atoms with Crippen molar-refractivity contribution in [2.24, 2.45) is 0 Å². The van der Waals surface area contributed by atoms with E-state index in [1.165, 1.54) is 27.2 Å². The van der Waals surface area contributed by atoms with Gasteiger partial charge in [0.05, 0.1) is 0 Å². The molecule has 0 radical (unpaired) electrons. The first kappa shape index (κ1) is 14.3. The van der Waals surface area contributed by atoms with Crippen molar-refractivity contribution < 1.29 is 4.74 Å². The van der Waals surface area contributed by atoms with Crippen LogP contribution in [0.15, 0.2) is 58.3 Å². The van der Waals surface area contributed by atoms with E-state index in [0.29, 0.717) is 6.61 Å². The smallest absolute Gasteiger partial charge is 0.123 e. The van der Waals surface area contributed by atoms with Gasteiger partial charge in [-0.15, -0.1) is 0 Å². The van der Waals surface area contributed by atoms with Gasteiger partial charge in [-0.2, -0.15) is 0 Å². The van der Waals surface area contributed by atoms with Gasteiger partial charge in [-0.25, -0.2) is 0 Å². The van der Waals surface area contributed by atoms with Gasteiger partial charge in [-0.05, 0) is 72.6 Å². The Morgan fingerprint density at radius 3 is 2.67 bits per heavy atom. The molecule has 0 aliphatic carbocycles. The lowest BCUT2D eigenvalue weighted by atomic mass is 9.99. The van der Waals surface area contributed by atoms with E-state index >= 15 is 0 Å². The van der Waals surface area contributed by atoms with Crippen LogP contribution in [-0.4, -0.2) is 6.61 Å². The Labute approximate surface area is 131 Å². The number of hydrogen-bond acceptors (Lipinski definition) is 2. The molecule has 0 aromatic heterocycles. The molecular weight excluding hydrogens is 276 g/mol. The second kappa shape index (κ2) is 6.40. The van der Waals surface area contributed by atoms with Crippen LogP contribution < -0.4 is 4.74 Å². The monoisotopic (exact) mass is 296 g/mol. The first-order valence-corrected chi connectivity index (χ1v) is 8.23. The van der Waals surface area contributed by atoms with Crippen molar-refractivity contribution in [1.82, 2.24) is 0 Å². The molecular formula is C19H20OS. The van der Waals surface area contributed by atoms with Gasteiger partial charge in [0.1, 0.15) is 12.4 Å². The van der Waals surface area contributed by atoms with Gasteiger partial charge in [0.15, 0.2) is 0 Å². The van der Waals surface area contributed by atoms with E-state index < -0.39 is 0 Å². The molecule has 2 aromatic rings. The molecule has 2 heteroatoms. The normalized spacial score (nSPS) is 16.2. The standard InChI is InChI=1S/C19H20OS/c1-14-10-15(2)18-9-8-16(12-20-19(18)11-14)13-21-17-6-4-3-5-7-17/h3-7,10-11,13H,8-9,12H2,1-2H3/b16-13+. The Kier molecular flexibility index (Phi) is 4.35. The summed E-state index contributed by atoms with van der Waals surface area (Å²) in [6.45, 7) is 5.02. The summed E-state index contributed by atoms with van der Waals surface area (Å²) in [6.07, 6.45) is 2.15. The van der Waals surface area contributed by atoms with Gasteiger partial charge in [-0.1, -0.05) is 36.0 Å². The van der Waals surface area contributed by atoms with Crippen molar-refractivity contribution in [3.63, 3.8) is 0 Å². The van der Waals surface area contributed by atoms with E-state index in [4.69, 9.17) is 4.74 Å². The third-order valence-corrected chi connectivity index (χ3v) is 4.79. The highest BCUT2D eigenvalue weighted by Gasteiger charge is 2.14. The number of benzene rings is 2. The van der Waals surface area contributed by atoms with Gasteiger partial charge >= 0.3 is 0 Å². The van der Waals surface area contributed by atoms with Crippen LogP contribution in [0.2, 0.25) is 0 Å². The second-order valence-corrected chi connectivity index (χ2v) is 6.50. The first-order chi connectivity index (χ1) is 10.2. The number of aryl methyl sites for hydroxylation is 2. The summed E-state index contributed by atoms with van der Waals surface area (Å²) in [5.41, 5.74) is 5.37. The molecule has 108 valence electrons. The number of ether oxygens (including phenoxy) is 1. The average molecular weight is 296 g/mol. The highest BCUT2D eigenvalue weighted by molar-refractivity contribution is 8.02. The van der Waals surface area contributed by atoms with E-state index in [2.05, 4.69) is 55.7 Å². The lowest BCUT2D eigenvalue weighted by Crippen LogP contribution is -1.99. The number of rotatable bonds is 2. The van der Waals surface area contributed by atoms with Gasteiger partial charge in [-0.3, -0.25) is 0 Å². The Hall–Kier alpha value is -1.67. The molecule has 0 fully saturated rings. The van der Waals surface area contributed by atoms with Crippen LogP contribution >= 0.6 is 11.8 Å². The topological polar surface area (TPSA) is 9.23 Å². The van der Waals surface area contributed by atoms with Crippen molar-refractivity contribution in [3.05, 3.63) is 70.1 Å². The molecule has 0 saturated heterocycles. The maximum absolute atomic E-state index is 6.03. The van der Waals surface area contributed by atoms with Gasteiger partial charge in [0, 0.05) is 4.90 Å². The summed E-state index contributed by atoms with van der Waals surface area (Å²) in [5.74, 6) is 1.07. The van der Waals surface area contributed by atoms with Crippen LogP contribution in [0.3, 0.4) is 0 Å². The minimum Gasteiger partial charge on any atom is -0.489 e. The fourth-order valence-corrected chi connectivity index (χ4v) is 3.48. The average Bonchev–Trinajstić information content (AvgIpc) is 2.69. The van der Waals surface area contributed by atoms with Gasteiger partial charge in [0.25, 0.3) is 0 Å². The SMILES string of the molecule is Cc1cc(C)c2c(c1)OC/C(=C/Sc1ccccc1)CC2. The minimum absolute atomic E-state index is 0.704. The van der Waals surface area contributed by atoms with Crippen molar-refractivity contribution in [2.75, 3.05) is 6.61 Å². The molecule has 0 saturated carbocycles. The lowest BCUT2D eigenvalue weighted by Gasteiger charge is -2.10. The van der Waals surface area contributed by atoms with Gasteiger partial charge in [0.2, 0.25) is 0 Å². The van der Waals surface area contributed by atoms with Crippen LogP contribution in [0.25, 0.3) is 0 Å². The fraction of sp³-hybridized carbons (Fsp3) is 0.263. The quantitative estimate of drug-likeness (QED) is 0.695. The molecule has 3 rings (SSSR count). The maximum Gasteiger partial charge on any atom is 0.123 e. The number of thioether (sulfide) groups is 1. The zero-order valence-corrected chi connectivity index (χ0v) is 13.4. The predicted octanol–water partition coefficient (Wildman–Crippen LogP) is 5.30. The van der Waals surface area contributed by atoms with Crippen molar-refractivity contribution in [2.45, 2.75) is 31.6 Å². The molecule has 1 heterocycles. The lowest BCUT2D eigenvalue weighted by molar-refractivity contribution is 0.353. The third-order valence-electron chi connectivity index (χ3n) is 3.79. The fourth-order valence-electron chi connectivity index (χ4n) is 2.68.